The highest BCUT2D eigenvalue weighted by Crippen LogP contribution is 2.39. The smallest absolute Gasteiger partial charge is 0.247 e. The van der Waals surface area contributed by atoms with Crippen LogP contribution in [-0.4, -0.2) is 27.5 Å². The first kappa shape index (κ1) is 18.6. The van der Waals surface area contributed by atoms with Gasteiger partial charge in [0.25, 0.3) is 0 Å². The predicted octanol–water partition coefficient (Wildman–Crippen LogP) is 4.94. The molecule has 3 aromatic rings. The summed E-state index contributed by atoms with van der Waals surface area (Å²) in [5.74, 6) is 2.27. The van der Waals surface area contributed by atoms with Gasteiger partial charge in [0.1, 0.15) is 5.75 Å². The molecule has 1 N–H and O–H groups in total. The first-order chi connectivity index (χ1) is 13.8. The minimum Gasteiger partial charge on any atom is -0.494 e. The Morgan fingerprint density at radius 2 is 1.89 bits per heavy atom. The highest BCUT2D eigenvalue weighted by atomic mass is 32.2. The zero-order valence-corrected chi connectivity index (χ0v) is 16.7. The minimum atomic E-state index is -0.390. The molecule has 2 heterocycles. The summed E-state index contributed by atoms with van der Waals surface area (Å²) in [5, 5.41) is 12.8. The molecule has 0 bridgehead atoms. The fourth-order valence-corrected chi connectivity index (χ4v) is 3.59. The lowest BCUT2D eigenvalue weighted by Crippen LogP contribution is -2.17. The van der Waals surface area contributed by atoms with Gasteiger partial charge in [-0.15, -0.1) is 10.2 Å². The van der Waals surface area contributed by atoms with Crippen LogP contribution in [-0.2, 0) is 0 Å². The number of rotatable bonds is 6. The monoisotopic (exact) mass is 394 g/mol. The average molecular weight is 395 g/mol. The van der Waals surface area contributed by atoms with Crippen molar-refractivity contribution in [1.29, 1.82) is 0 Å². The number of anilines is 1. The molecular weight excluding hydrogens is 372 g/mol. The Kier molecular flexibility index (Phi) is 5.62. The molecule has 0 saturated heterocycles. The van der Waals surface area contributed by atoms with Crippen molar-refractivity contribution in [2.45, 2.75) is 31.7 Å². The number of hydrogen-bond acceptors (Lipinski definition) is 7. The first-order valence-corrected chi connectivity index (χ1v) is 10.4. The minimum absolute atomic E-state index is 0.390. The Morgan fingerprint density at radius 3 is 2.68 bits per heavy atom. The average Bonchev–Trinajstić information content (AvgIpc) is 2.89. The molecule has 0 radical (unpaired) electrons. The molecule has 0 saturated carbocycles. The van der Waals surface area contributed by atoms with E-state index >= 15 is 0 Å². The number of thioether (sulfide) groups is 1. The Morgan fingerprint density at radius 1 is 1.07 bits per heavy atom. The van der Waals surface area contributed by atoms with E-state index in [1.54, 1.807) is 11.8 Å². The molecule has 144 valence electrons. The van der Waals surface area contributed by atoms with Crippen molar-refractivity contribution in [3.63, 3.8) is 0 Å². The van der Waals surface area contributed by atoms with Crippen LogP contribution in [0.1, 0.15) is 32.1 Å². The van der Waals surface area contributed by atoms with E-state index in [0.29, 0.717) is 23.3 Å². The number of fused-ring (bicyclic) bond motifs is 3. The second-order valence-electron chi connectivity index (χ2n) is 6.29. The van der Waals surface area contributed by atoms with Gasteiger partial charge < -0.3 is 14.8 Å². The Labute approximate surface area is 168 Å². The lowest BCUT2D eigenvalue weighted by Gasteiger charge is -2.19. The predicted molar refractivity (Wildman–Crippen MR) is 111 cm³/mol. The second kappa shape index (κ2) is 8.48. The molecule has 6 nitrogen and oxygen atoms in total. The quantitative estimate of drug-likeness (QED) is 0.594. The van der Waals surface area contributed by atoms with Crippen LogP contribution in [0.5, 0.6) is 11.6 Å². The number of nitrogens with one attached hydrogen (secondary N) is 1. The molecule has 0 fully saturated rings. The Balaban J connectivity index is 1.72. The van der Waals surface area contributed by atoms with E-state index in [-0.39, 0.29) is 6.23 Å². The summed E-state index contributed by atoms with van der Waals surface area (Å²) in [6.45, 7) is 4.74. The van der Waals surface area contributed by atoms with Gasteiger partial charge in [-0.2, -0.15) is 4.98 Å². The first-order valence-electron chi connectivity index (χ1n) is 9.41. The number of aromatic nitrogens is 3. The number of nitrogens with zero attached hydrogens (tertiary/aromatic N) is 3. The van der Waals surface area contributed by atoms with Gasteiger partial charge in [0.15, 0.2) is 11.9 Å². The van der Waals surface area contributed by atoms with Gasteiger partial charge in [-0.25, -0.2) is 0 Å². The third kappa shape index (κ3) is 3.89. The lowest BCUT2D eigenvalue weighted by molar-refractivity contribution is 0.225. The normalized spacial score (nSPS) is 14.9. The van der Waals surface area contributed by atoms with E-state index in [0.717, 1.165) is 34.7 Å². The Bertz CT molecular complexity index is 949. The molecule has 1 aliphatic rings. The maximum atomic E-state index is 6.27. The third-order valence-electron chi connectivity index (χ3n) is 4.26. The molecule has 1 aliphatic heterocycles. The van der Waals surface area contributed by atoms with E-state index < -0.39 is 0 Å². The van der Waals surface area contributed by atoms with Gasteiger partial charge in [0, 0.05) is 22.6 Å². The molecule has 1 atom stereocenters. The summed E-state index contributed by atoms with van der Waals surface area (Å²) in [6, 6.07) is 15.9. The van der Waals surface area contributed by atoms with Crippen molar-refractivity contribution in [1.82, 2.24) is 15.2 Å². The largest absolute Gasteiger partial charge is 0.494 e. The summed E-state index contributed by atoms with van der Waals surface area (Å²) in [6.07, 6.45) is 0.657. The van der Waals surface area contributed by atoms with E-state index in [1.807, 2.05) is 55.5 Å². The van der Waals surface area contributed by atoms with Gasteiger partial charge in [0.05, 0.1) is 6.61 Å². The van der Waals surface area contributed by atoms with Gasteiger partial charge in [-0.3, -0.25) is 0 Å². The van der Waals surface area contributed by atoms with E-state index in [1.165, 1.54) is 0 Å². The van der Waals surface area contributed by atoms with Gasteiger partial charge >= 0.3 is 0 Å². The van der Waals surface area contributed by atoms with Crippen molar-refractivity contribution in [3.05, 3.63) is 54.1 Å². The van der Waals surface area contributed by atoms with Gasteiger partial charge in [-0.1, -0.05) is 36.9 Å². The molecule has 0 amide bonds. The molecule has 28 heavy (non-hydrogen) atoms. The highest BCUT2D eigenvalue weighted by Gasteiger charge is 2.26. The molecule has 2 aromatic carbocycles. The highest BCUT2D eigenvalue weighted by molar-refractivity contribution is 7.99. The van der Waals surface area contributed by atoms with Crippen LogP contribution in [0, 0.1) is 0 Å². The van der Waals surface area contributed by atoms with Crippen LogP contribution in [0.25, 0.3) is 11.3 Å². The van der Waals surface area contributed by atoms with Crippen LogP contribution in [0.15, 0.2) is 53.7 Å². The van der Waals surface area contributed by atoms with Crippen molar-refractivity contribution in [3.8, 4) is 22.9 Å². The number of hydrogen-bond donors (Lipinski definition) is 1. The third-order valence-corrected chi connectivity index (χ3v) is 5.31. The summed E-state index contributed by atoms with van der Waals surface area (Å²) in [5.41, 5.74) is 3.49. The maximum absolute atomic E-state index is 6.27. The van der Waals surface area contributed by atoms with Crippen LogP contribution in [0.4, 0.5) is 5.69 Å². The fraction of sp³-hybridized carbons (Fsp3) is 0.286. The molecule has 4 rings (SSSR count). The molecule has 1 unspecified atom stereocenters. The van der Waals surface area contributed by atoms with E-state index in [9.17, 15) is 0 Å². The lowest BCUT2D eigenvalue weighted by atomic mass is 10.1. The van der Waals surface area contributed by atoms with Gasteiger partial charge in [0.2, 0.25) is 11.0 Å². The summed E-state index contributed by atoms with van der Waals surface area (Å²) in [4.78, 5) is 4.63. The van der Waals surface area contributed by atoms with E-state index in [2.05, 4.69) is 27.4 Å². The summed E-state index contributed by atoms with van der Waals surface area (Å²) in [7, 11) is 0. The van der Waals surface area contributed by atoms with Crippen molar-refractivity contribution in [2.24, 2.45) is 0 Å². The van der Waals surface area contributed by atoms with Gasteiger partial charge in [-0.05, 0) is 43.7 Å². The zero-order chi connectivity index (χ0) is 19.3. The van der Waals surface area contributed by atoms with Crippen LogP contribution in [0.3, 0.4) is 0 Å². The number of benzene rings is 2. The Hall–Kier alpha value is -2.80. The second-order valence-corrected chi connectivity index (χ2v) is 7.35. The molecule has 0 spiro atoms. The summed E-state index contributed by atoms with van der Waals surface area (Å²) >= 11 is 1.58. The maximum Gasteiger partial charge on any atom is 0.247 e. The van der Waals surface area contributed by atoms with Crippen molar-refractivity contribution >= 4 is 17.4 Å². The molecule has 0 aliphatic carbocycles. The van der Waals surface area contributed by atoms with Crippen molar-refractivity contribution < 1.29 is 9.47 Å². The molecule has 7 heteroatoms. The topological polar surface area (TPSA) is 69.2 Å². The number of para-hydroxylation sites is 1. The molecular formula is C21H22N4O2S. The molecule has 1 aromatic heterocycles. The fourth-order valence-electron chi connectivity index (χ4n) is 2.96. The summed E-state index contributed by atoms with van der Waals surface area (Å²) < 4.78 is 11.8. The van der Waals surface area contributed by atoms with Crippen LogP contribution in [0.2, 0.25) is 0 Å². The van der Waals surface area contributed by atoms with E-state index in [4.69, 9.17) is 9.47 Å². The number of ether oxygens (including phenoxy) is 2. The van der Waals surface area contributed by atoms with Crippen LogP contribution < -0.4 is 14.8 Å². The van der Waals surface area contributed by atoms with Crippen molar-refractivity contribution in [2.75, 3.05) is 17.7 Å². The SMILES string of the molecule is CCCSc1nnc2c(n1)OC(c1ccc(OCC)cc1)Nc1ccccc1-2. The van der Waals surface area contributed by atoms with Crippen LogP contribution >= 0.6 is 11.8 Å². The standard InChI is InChI=1S/C21H22N4O2S/c1-3-13-28-21-23-20-18(24-25-21)16-7-5-6-8-17(16)22-19(27-20)14-9-11-15(12-10-14)26-4-2/h5-12,19,22H,3-4,13H2,1-2H3. The zero-order valence-electron chi connectivity index (χ0n) is 15.9.